The van der Waals surface area contributed by atoms with Crippen molar-refractivity contribution in [1.29, 1.82) is 5.26 Å². The van der Waals surface area contributed by atoms with Crippen LogP contribution >= 0.6 is 0 Å². The van der Waals surface area contributed by atoms with Gasteiger partial charge in [0.05, 0.1) is 29.6 Å². The van der Waals surface area contributed by atoms with Crippen molar-refractivity contribution in [3.8, 4) is 6.07 Å². The van der Waals surface area contributed by atoms with E-state index >= 15 is 0 Å². The third-order valence-electron chi connectivity index (χ3n) is 2.82. The molecule has 0 bridgehead atoms. The van der Waals surface area contributed by atoms with Gasteiger partial charge in [-0.3, -0.25) is 10.1 Å². The second kappa shape index (κ2) is 7.81. The highest BCUT2D eigenvalue weighted by Crippen LogP contribution is 2.29. The van der Waals surface area contributed by atoms with Crippen LogP contribution in [0, 0.1) is 21.4 Å². The Morgan fingerprint density at radius 3 is 2.76 bits per heavy atom. The smallest absolute Gasteiger partial charge is 0.335 e. The number of carbonyl (C=O) groups is 1. The Morgan fingerprint density at radius 2 is 2.24 bits per heavy atom. The summed E-state index contributed by atoms with van der Waals surface area (Å²) >= 11 is 0. The molecule has 112 valence electrons. The largest absolute Gasteiger partial charge is 0.478 e. The molecule has 21 heavy (non-hydrogen) atoms. The summed E-state index contributed by atoms with van der Waals surface area (Å²) in [6, 6.07) is 5.55. The van der Waals surface area contributed by atoms with Crippen LogP contribution in [-0.2, 0) is 4.74 Å². The maximum Gasteiger partial charge on any atom is 0.335 e. The molecule has 0 saturated carbocycles. The predicted octanol–water partition coefficient (Wildman–Crippen LogP) is 1.66. The van der Waals surface area contributed by atoms with Crippen molar-refractivity contribution < 1.29 is 19.6 Å². The minimum absolute atomic E-state index is 0.0463. The molecule has 0 unspecified atom stereocenters. The predicted molar refractivity (Wildman–Crippen MR) is 74.4 cm³/mol. The van der Waals surface area contributed by atoms with Gasteiger partial charge >= 0.3 is 5.97 Å². The lowest BCUT2D eigenvalue weighted by Crippen LogP contribution is -2.29. The van der Waals surface area contributed by atoms with Crippen LogP contribution in [0.1, 0.15) is 16.8 Å². The zero-order chi connectivity index (χ0) is 15.8. The number of anilines is 1. The molecule has 0 aliphatic rings. The van der Waals surface area contributed by atoms with E-state index in [9.17, 15) is 14.9 Å². The normalized spacial score (nSPS) is 9.90. The Bertz CT molecular complexity index is 567. The summed E-state index contributed by atoms with van der Waals surface area (Å²) in [6.45, 7) is 0.881. The molecule has 0 aliphatic heterocycles. The van der Waals surface area contributed by atoms with E-state index in [2.05, 4.69) is 0 Å². The Hall–Kier alpha value is -2.66. The molecule has 1 aromatic carbocycles. The van der Waals surface area contributed by atoms with E-state index in [4.69, 9.17) is 15.1 Å². The zero-order valence-corrected chi connectivity index (χ0v) is 11.5. The third kappa shape index (κ3) is 4.43. The highest BCUT2D eigenvalue weighted by Gasteiger charge is 2.21. The van der Waals surface area contributed by atoms with E-state index in [1.54, 1.807) is 4.90 Å². The average Bonchev–Trinajstić information content (AvgIpc) is 2.46. The first-order valence-corrected chi connectivity index (χ1v) is 6.13. The topological polar surface area (TPSA) is 117 Å². The molecule has 8 nitrogen and oxygen atoms in total. The van der Waals surface area contributed by atoms with Crippen molar-refractivity contribution in [3.63, 3.8) is 0 Å². The van der Waals surface area contributed by atoms with Gasteiger partial charge in [-0.25, -0.2) is 4.79 Å². The van der Waals surface area contributed by atoms with Gasteiger partial charge in [0, 0.05) is 26.3 Å². The second-order valence-corrected chi connectivity index (χ2v) is 4.15. The Labute approximate surface area is 121 Å². The van der Waals surface area contributed by atoms with Gasteiger partial charge in [-0.15, -0.1) is 0 Å². The summed E-state index contributed by atoms with van der Waals surface area (Å²) in [5.74, 6) is -1.17. The number of aromatic carboxylic acids is 1. The summed E-state index contributed by atoms with van der Waals surface area (Å²) in [4.78, 5) is 23.1. The number of benzene rings is 1. The molecule has 0 atom stereocenters. The zero-order valence-electron chi connectivity index (χ0n) is 11.5. The average molecular weight is 293 g/mol. The lowest BCUT2D eigenvalue weighted by Gasteiger charge is -2.23. The standard InChI is InChI=1S/C13H15N3O5/c1-21-8-7-15(6-2-5-14)12-9-10(13(17)18)3-4-11(12)16(19)20/h3-4,9H,2,6-8H2,1H3,(H,17,18). The number of rotatable bonds is 8. The molecular formula is C13H15N3O5. The van der Waals surface area contributed by atoms with Crippen molar-refractivity contribution in [2.45, 2.75) is 6.42 Å². The number of nitrogens with zero attached hydrogens (tertiary/aromatic N) is 3. The number of carboxylic acids is 1. The van der Waals surface area contributed by atoms with Crippen LogP contribution < -0.4 is 4.90 Å². The summed E-state index contributed by atoms with van der Waals surface area (Å²) in [5.41, 5.74) is -0.0729. The molecule has 0 amide bonds. The van der Waals surface area contributed by atoms with Crippen LogP contribution in [0.2, 0.25) is 0 Å². The van der Waals surface area contributed by atoms with E-state index in [1.807, 2.05) is 6.07 Å². The van der Waals surface area contributed by atoms with E-state index in [-0.39, 0.29) is 29.9 Å². The van der Waals surface area contributed by atoms with Gasteiger partial charge in [0.1, 0.15) is 5.69 Å². The highest BCUT2D eigenvalue weighted by atomic mass is 16.6. The Kier molecular flexibility index (Phi) is 6.10. The van der Waals surface area contributed by atoms with E-state index in [0.717, 1.165) is 6.07 Å². The molecule has 0 spiro atoms. The quantitative estimate of drug-likeness (QED) is 0.572. The van der Waals surface area contributed by atoms with Crippen LogP contribution in [0.4, 0.5) is 11.4 Å². The molecule has 0 fully saturated rings. The fourth-order valence-electron chi connectivity index (χ4n) is 1.80. The van der Waals surface area contributed by atoms with Crippen LogP contribution in [0.25, 0.3) is 0 Å². The van der Waals surface area contributed by atoms with Crippen molar-refractivity contribution in [2.24, 2.45) is 0 Å². The third-order valence-corrected chi connectivity index (χ3v) is 2.82. The summed E-state index contributed by atoms with van der Waals surface area (Å²) in [5, 5.41) is 28.8. The second-order valence-electron chi connectivity index (χ2n) is 4.15. The molecule has 0 saturated heterocycles. The number of hydrogen-bond acceptors (Lipinski definition) is 6. The van der Waals surface area contributed by atoms with Crippen LogP contribution in [-0.4, -0.2) is 42.8 Å². The number of ether oxygens (including phenoxy) is 1. The SMILES string of the molecule is COCCN(CCC#N)c1cc(C(=O)O)ccc1[N+](=O)[O-]. The summed E-state index contributed by atoms with van der Waals surface area (Å²) in [6.07, 6.45) is 0.165. The first-order chi connectivity index (χ1) is 10.0. The van der Waals surface area contributed by atoms with Crippen molar-refractivity contribution in [1.82, 2.24) is 0 Å². The van der Waals surface area contributed by atoms with Crippen LogP contribution in [0.5, 0.6) is 0 Å². The summed E-state index contributed by atoms with van der Waals surface area (Å²) in [7, 11) is 1.49. The fraction of sp³-hybridized carbons (Fsp3) is 0.385. The van der Waals surface area contributed by atoms with Gasteiger partial charge in [-0.2, -0.15) is 5.26 Å². The van der Waals surface area contributed by atoms with Gasteiger partial charge in [0.15, 0.2) is 0 Å². The monoisotopic (exact) mass is 293 g/mol. The van der Waals surface area contributed by atoms with Crippen molar-refractivity contribution in [2.75, 3.05) is 31.7 Å². The number of carboxylic acid groups (broad SMARTS) is 1. The van der Waals surface area contributed by atoms with E-state index in [0.29, 0.717) is 13.2 Å². The first kappa shape index (κ1) is 16.4. The molecule has 0 heterocycles. The molecule has 0 aliphatic carbocycles. The number of nitro benzene ring substituents is 1. The van der Waals surface area contributed by atoms with Gasteiger partial charge in [0.25, 0.3) is 5.69 Å². The molecule has 8 heteroatoms. The lowest BCUT2D eigenvalue weighted by molar-refractivity contribution is -0.384. The molecule has 0 radical (unpaired) electrons. The van der Waals surface area contributed by atoms with E-state index in [1.165, 1.54) is 19.2 Å². The summed E-state index contributed by atoms with van der Waals surface area (Å²) < 4.78 is 4.94. The van der Waals surface area contributed by atoms with Gasteiger partial charge < -0.3 is 14.7 Å². The number of nitriles is 1. The first-order valence-electron chi connectivity index (χ1n) is 6.13. The molecule has 1 aromatic rings. The highest BCUT2D eigenvalue weighted by molar-refractivity contribution is 5.90. The molecule has 1 N–H and O–H groups in total. The van der Waals surface area contributed by atoms with Crippen molar-refractivity contribution >= 4 is 17.3 Å². The number of hydrogen-bond donors (Lipinski definition) is 1. The minimum atomic E-state index is -1.17. The van der Waals surface area contributed by atoms with Gasteiger partial charge in [0.2, 0.25) is 0 Å². The fourth-order valence-corrected chi connectivity index (χ4v) is 1.80. The minimum Gasteiger partial charge on any atom is -0.478 e. The van der Waals surface area contributed by atoms with E-state index < -0.39 is 10.9 Å². The maximum absolute atomic E-state index is 11.1. The maximum atomic E-state index is 11.1. The Balaban J connectivity index is 3.23. The Morgan fingerprint density at radius 1 is 1.52 bits per heavy atom. The molecule has 0 aromatic heterocycles. The van der Waals surface area contributed by atoms with Crippen LogP contribution in [0.3, 0.4) is 0 Å². The van der Waals surface area contributed by atoms with Crippen LogP contribution in [0.15, 0.2) is 18.2 Å². The number of nitro groups is 1. The lowest BCUT2D eigenvalue weighted by atomic mass is 10.1. The number of methoxy groups -OCH3 is 1. The van der Waals surface area contributed by atoms with Gasteiger partial charge in [-0.1, -0.05) is 0 Å². The van der Waals surface area contributed by atoms with Gasteiger partial charge in [-0.05, 0) is 12.1 Å². The molecular weight excluding hydrogens is 278 g/mol. The molecule has 1 rings (SSSR count). The van der Waals surface area contributed by atoms with Crippen molar-refractivity contribution in [3.05, 3.63) is 33.9 Å².